The summed E-state index contributed by atoms with van der Waals surface area (Å²) in [5, 5.41) is 2.76. The summed E-state index contributed by atoms with van der Waals surface area (Å²) in [6, 6.07) is 0. The van der Waals surface area contributed by atoms with Crippen LogP contribution in [0.15, 0.2) is 12.7 Å². The fourth-order valence-corrected chi connectivity index (χ4v) is 0.558. The first-order valence-electron chi connectivity index (χ1n) is 2.03. The van der Waals surface area contributed by atoms with Crippen LogP contribution in [0.5, 0.6) is 0 Å². The van der Waals surface area contributed by atoms with E-state index >= 15 is 0 Å². The first kappa shape index (κ1) is 7.78. The monoisotopic (exact) mass is 148 g/mol. The minimum absolute atomic E-state index is 0.132. The highest BCUT2D eigenvalue weighted by atomic mass is 32.1. The van der Waals surface area contributed by atoms with Gasteiger partial charge < -0.3 is 11.1 Å². The van der Waals surface area contributed by atoms with Crippen LogP contribution in [0.1, 0.15) is 0 Å². The van der Waals surface area contributed by atoms with E-state index in [2.05, 4.69) is 36.7 Å². The van der Waals surface area contributed by atoms with Gasteiger partial charge in [-0.1, -0.05) is 6.08 Å². The van der Waals surface area contributed by atoms with E-state index < -0.39 is 0 Å². The topological polar surface area (TPSA) is 38.0 Å². The molecule has 0 aliphatic heterocycles. The summed E-state index contributed by atoms with van der Waals surface area (Å²) in [5.74, 6) is 0. The third-order valence-electron chi connectivity index (χ3n) is 0.513. The average molecular weight is 148 g/mol. The second-order valence-corrected chi connectivity index (χ2v) is 2.19. The van der Waals surface area contributed by atoms with Crippen LogP contribution in [0.4, 0.5) is 0 Å². The van der Waals surface area contributed by atoms with Crippen LogP contribution in [0, 0.1) is 0 Å². The molecule has 0 aromatic heterocycles. The molecule has 0 radical (unpaired) electrons. The molecule has 0 spiro atoms. The smallest absolute Gasteiger partial charge is 0.164 e. The van der Waals surface area contributed by atoms with Crippen molar-refractivity contribution in [2.45, 2.75) is 5.37 Å². The molecule has 0 heterocycles. The number of rotatable bonds is 2. The molecular weight excluding hydrogens is 140 g/mol. The quantitative estimate of drug-likeness (QED) is 0.228. The standard InChI is InChI=1S/C4H8N2S2/c1-2-3(7)6-4(5)8/h2-3,7H,1H2,(H3,5,6,8). The van der Waals surface area contributed by atoms with E-state index in [1.807, 2.05) is 0 Å². The highest BCUT2D eigenvalue weighted by Gasteiger charge is 1.92. The lowest BCUT2D eigenvalue weighted by molar-refractivity contribution is 0.992. The molecule has 1 atom stereocenters. The Morgan fingerprint density at radius 2 is 2.50 bits per heavy atom. The average Bonchev–Trinajstić information content (AvgIpc) is 1.65. The molecule has 0 aromatic carbocycles. The molecule has 0 amide bonds. The Hall–Kier alpha value is -0.220. The van der Waals surface area contributed by atoms with Crippen LogP contribution >= 0.6 is 24.8 Å². The largest absolute Gasteiger partial charge is 0.376 e. The minimum atomic E-state index is -0.132. The lowest BCUT2D eigenvalue weighted by Crippen LogP contribution is -2.33. The van der Waals surface area contributed by atoms with Crippen LogP contribution in [-0.2, 0) is 0 Å². The van der Waals surface area contributed by atoms with E-state index in [0.29, 0.717) is 0 Å². The summed E-state index contributed by atoms with van der Waals surface area (Å²) in [6.07, 6.45) is 1.60. The summed E-state index contributed by atoms with van der Waals surface area (Å²) in [4.78, 5) is 0. The van der Waals surface area contributed by atoms with Gasteiger partial charge in [-0.2, -0.15) is 12.6 Å². The molecule has 0 bridgehead atoms. The van der Waals surface area contributed by atoms with Crippen molar-refractivity contribution >= 4 is 30.0 Å². The lowest BCUT2D eigenvalue weighted by Gasteiger charge is -2.05. The summed E-state index contributed by atoms with van der Waals surface area (Å²) < 4.78 is 0. The van der Waals surface area contributed by atoms with Gasteiger partial charge in [0, 0.05) is 0 Å². The van der Waals surface area contributed by atoms with Gasteiger partial charge in [-0.15, -0.1) is 6.58 Å². The van der Waals surface area contributed by atoms with Crippen LogP contribution < -0.4 is 11.1 Å². The third kappa shape index (κ3) is 3.95. The van der Waals surface area contributed by atoms with Crippen LogP contribution in [-0.4, -0.2) is 10.5 Å². The minimum Gasteiger partial charge on any atom is -0.376 e. The van der Waals surface area contributed by atoms with E-state index in [1.165, 1.54) is 0 Å². The Morgan fingerprint density at radius 3 is 2.62 bits per heavy atom. The van der Waals surface area contributed by atoms with Gasteiger partial charge in [-0.05, 0) is 12.2 Å². The number of thiol groups is 1. The van der Waals surface area contributed by atoms with E-state index in [-0.39, 0.29) is 10.5 Å². The van der Waals surface area contributed by atoms with E-state index in [9.17, 15) is 0 Å². The molecule has 0 aliphatic carbocycles. The molecule has 0 aromatic rings. The Morgan fingerprint density at radius 1 is 2.00 bits per heavy atom. The van der Waals surface area contributed by atoms with Crippen molar-refractivity contribution in [1.29, 1.82) is 0 Å². The van der Waals surface area contributed by atoms with Crippen LogP contribution in [0.3, 0.4) is 0 Å². The molecule has 8 heavy (non-hydrogen) atoms. The maximum absolute atomic E-state index is 5.09. The number of thiocarbonyl (C=S) groups is 1. The van der Waals surface area contributed by atoms with Gasteiger partial charge in [0.05, 0.1) is 5.37 Å². The summed E-state index contributed by atoms with van der Waals surface area (Å²) in [6.45, 7) is 3.46. The molecule has 2 nitrogen and oxygen atoms in total. The number of hydrogen-bond acceptors (Lipinski definition) is 2. The molecule has 46 valence electrons. The fraction of sp³-hybridized carbons (Fsp3) is 0.250. The Balaban J connectivity index is 3.38. The first-order valence-corrected chi connectivity index (χ1v) is 2.96. The highest BCUT2D eigenvalue weighted by Crippen LogP contribution is 1.87. The second kappa shape index (κ2) is 3.74. The molecule has 0 saturated heterocycles. The van der Waals surface area contributed by atoms with Crippen molar-refractivity contribution in [3.8, 4) is 0 Å². The molecule has 4 heteroatoms. The molecule has 1 unspecified atom stereocenters. The normalized spacial score (nSPS) is 12.1. The molecule has 0 rings (SSSR count). The van der Waals surface area contributed by atoms with Crippen LogP contribution in [0.25, 0.3) is 0 Å². The third-order valence-corrected chi connectivity index (χ3v) is 0.971. The summed E-state index contributed by atoms with van der Waals surface area (Å²) >= 11 is 8.48. The highest BCUT2D eigenvalue weighted by molar-refractivity contribution is 7.81. The zero-order valence-corrected chi connectivity index (χ0v) is 6.01. The van der Waals surface area contributed by atoms with Gasteiger partial charge in [-0.25, -0.2) is 0 Å². The van der Waals surface area contributed by atoms with Gasteiger partial charge in [-0.3, -0.25) is 0 Å². The van der Waals surface area contributed by atoms with Gasteiger partial charge in [0.1, 0.15) is 0 Å². The fourth-order valence-electron chi connectivity index (χ4n) is 0.205. The SMILES string of the molecule is C=CC(S)NC(N)=S. The predicted octanol–water partition coefficient (Wildman–Crippen LogP) is 0.261. The molecule has 3 N–H and O–H groups in total. The Labute approximate surface area is 59.5 Å². The maximum Gasteiger partial charge on any atom is 0.164 e. The van der Waals surface area contributed by atoms with Gasteiger partial charge in [0.25, 0.3) is 0 Å². The first-order chi connectivity index (χ1) is 3.66. The zero-order chi connectivity index (χ0) is 6.57. The molecule has 0 saturated carbocycles. The summed E-state index contributed by atoms with van der Waals surface area (Å²) in [7, 11) is 0. The van der Waals surface area contributed by atoms with Crippen molar-refractivity contribution < 1.29 is 0 Å². The predicted molar refractivity (Wildman–Crippen MR) is 42.9 cm³/mol. The number of hydrogen-bond donors (Lipinski definition) is 3. The molecule has 0 fully saturated rings. The number of nitrogens with two attached hydrogens (primary N) is 1. The van der Waals surface area contributed by atoms with E-state index in [4.69, 9.17) is 5.73 Å². The Bertz CT molecular complexity index is 102. The second-order valence-electron chi connectivity index (χ2n) is 1.19. The van der Waals surface area contributed by atoms with Crippen molar-refractivity contribution in [3.05, 3.63) is 12.7 Å². The van der Waals surface area contributed by atoms with E-state index in [0.717, 1.165) is 0 Å². The molecule has 0 aliphatic rings. The van der Waals surface area contributed by atoms with Crippen molar-refractivity contribution in [2.75, 3.05) is 0 Å². The van der Waals surface area contributed by atoms with Gasteiger partial charge in [0.15, 0.2) is 5.11 Å². The number of nitrogens with one attached hydrogen (secondary N) is 1. The van der Waals surface area contributed by atoms with Crippen LogP contribution in [0.2, 0.25) is 0 Å². The maximum atomic E-state index is 5.09. The molecular formula is C4H8N2S2. The lowest BCUT2D eigenvalue weighted by atomic mass is 10.6. The van der Waals surface area contributed by atoms with Crippen molar-refractivity contribution in [3.63, 3.8) is 0 Å². The van der Waals surface area contributed by atoms with E-state index in [1.54, 1.807) is 6.08 Å². The van der Waals surface area contributed by atoms with Gasteiger partial charge >= 0.3 is 0 Å². The summed E-state index contributed by atoms with van der Waals surface area (Å²) in [5.41, 5.74) is 5.09. The zero-order valence-electron chi connectivity index (χ0n) is 4.29. The Kier molecular flexibility index (Phi) is 3.64. The van der Waals surface area contributed by atoms with Crippen molar-refractivity contribution in [1.82, 2.24) is 5.32 Å². The van der Waals surface area contributed by atoms with Crippen molar-refractivity contribution in [2.24, 2.45) is 5.73 Å². The van der Waals surface area contributed by atoms with Gasteiger partial charge in [0.2, 0.25) is 0 Å².